The van der Waals surface area contributed by atoms with Crippen LogP contribution in [0.15, 0.2) is 6.33 Å². The highest BCUT2D eigenvalue weighted by Gasteiger charge is 2.54. The zero-order valence-corrected chi connectivity index (χ0v) is 15.8. The quantitative estimate of drug-likeness (QED) is 0.567. The first-order valence-corrected chi connectivity index (χ1v) is 10.0. The molecule has 9 nitrogen and oxygen atoms in total. The molecule has 0 amide bonds. The van der Waals surface area contributed by atoms with E-state index in [4.69, 9.17) is 31.1 Å². The number of aromatic nitrogens is 4. The Labute approximate surface area is 150 Å². The van der Waals surface area contributed by atoms with Gasteiger partial charge in [0.05, 0.1) is 26.1 Å². The van der Waals surface area contributed by atoms with E-state index in [1.807, 2.05) is 0 Å². The molecule has 1 aliphatic heterocycles. The van der Waals surface area contributed by atoms with E-state index < -0.39 is 12.9 Å². The molecule has 0 unspecified atom stereocenters. The number of nitrogen functional groups attached to an aromatic ring is 1. The number of ether oxygens (including phenoxy) is 1. The molecule has 138 valence electrons. The van der Waals surface area contributed by atoms with Crippen molar-refractivity contribution in [3.63, 3.8) is 0 Å². The number of fused-ring (bicyclic) bond motifs is 1. The average molecular weight is 390 g/mol. The Balaban J connectivity index is 2.04. The van der Waals surface area contributed by atoms with E-state index in [-0.39, 0.29) is 30.9 Å². The zero-order chi connectivity index (χ0) is 18.1. The van der Waals surface area contributed by atoms with Gasteiger partial charge < -0.3 is 24.1 Å². The number of imidazole rings is 1. The molecule has 2 aromatic heterocycles. The third-order valence-corrected chi connectivity index (χ3v) is 6.99. The van der Waals surface area contributed by atoms with Crippen molar-refractivity contribution in [2.45, 2.75) is 38.6 Å². The van der Waals surface area contributed by atoms with E-state index in [1.54, 1.807) is 24.7 Å². The van der Waals surface area contributed by atoms with Gasteiger partial charge in [-0.1, -0.05) is 11.6 Å². The number of nitrogens with zero attached hydrogens (tertiary/aromatic N) is 4. The Morgan fingerprint density at radius 2 is 2.12 bits per heavy atom. The molecule has 0 spiro atoms. The lowest BCUT2D eigenvalue weighted by Gasteiger charge is -2.35. The summed E-state index contributed by atoms with van der Waals surface area (Å²) in [7, 11) is -3.52. The summed E-state index contributed by atoms with van der Waals surface area (Å²) in [4.78, 5) is 12.3. The Morgan fingerprint density at radius 1 is 1.40 bits per heavy atom. The minimum atomic E-state index is -3.52. The lowest BCUT2D eigenvalue weighted by atomic mass is 10.2. The van der Waals surface area contributed by atoms with Crippen LogP contribution in [0.2, 0.25) is 5.15 Å². The lowest BCUT2D eigenvalue weighted by molar-refractivity contribution is 0.0233. The summed E-state index contributed by atoms with van der Waals surface area (Å²) in [6.07, 6.45) is 2.85. The van der Waals surface area contributed by atoms with Crippen molar-refractivity contribution in [1.29, 1.82) is 0 Å². The van der Waals surface area contributed by atoms with Gasteiger partial charge in [-0.25, -0.2) is 4.98 Å². The van der Waals surface area contributed by atoms with Crippen LogP contribution >= 0.6 is 19.2 Å². The Bertz CT molecular complexity index is 798. The molecule has 1 fully saturated rings. The maximum Gasteiger partial charge on any atom is 0.364 e. The maximum atomic E-state index is 13.4. The molecular formula is C14H21ClN5O4P. The van der Waals surface area contributed by atoms with Crippen LogP contribution in [0.5, 0.6) is 0 Å². The second-order valence-corrected chi connectivity index (χ2v) is 8.33. The van der Waals surface area contributed by atoms with Gasteiger partial charge in [-0.05, 0) is 26.7 Å². The van der Waals surface area contributed by atoms with Gasteiger partial charge in [0.15, 0.2) is 16.1 Å². The summed E-state index contributed by atoms with van der Waals surface area (Å²) in [5, 5.41) is -0.931. The summed E-state index contributed by atoms with van der Waals surface area (Å²) >= 11 is 6.07. The fraction of sp³-hybridized carbons (Fsp3) is 0.643. The van der Waals surface area contributed by atoms with Gasteiger partial charge in [-0.2, -0.15) is 9.97 Å². The van der Waals surface area contributed by atoms with Crippen LogP contribution in [0.4, 0.5) is 5.95 Å². The fourth-order valence-corrected chi connectivity index (χ4v) is 5.48. The van der Waals surface area contributed by atoms with Crippen molar-refractivity contribution in [3.05, 3.63) is 11.5 Å². The Hall–Kier alpha value is -1.25. The highest BCUT2D eigenvalue weighted by molar-refractivity contribution is 7.55. The molecule has 0 saturated carbocycles. The van der Waals surface area contributed by atoms with Crippen LogP contribution in [0, 0.1) is 0 Å². The molecule has 0 radical (unpaired) electrons. The summed E-state index contributed by atoms with van der Waals surface area (Å²) in [6, 6.07) is 0. The summed E-state index contributed by atoms with van der Waals surface area (Å²) in [6.45, 7) is 4.74. The molecule has 1 saturated heterocycles. The highest BCUT2D eigenvalue weighted by Crippen LogP contribution is 2.64. The Morgan fingerprint density at radius 3 is 2.72 bits per heavy atom. The van der Waals surface area contributed by atoms with Crippen molar-refractivity contribution in [2.75, 3.05) is 25.6 Å². The van der Waals surface area contributed by atoms with E-state index in [0.717, 1.165) is 6.42 Å². The van der Waals surface area contributed by atoms with E-state index in [2.05, 4.69) is 15.0 Å². The second-order valence-electron chi connectivity index (χ2n) is 5.65. The largest absolute Gasteiger partial charge is 0.368 e. The minimum Gasteiger partial charge on any atom is -0.368 e. The highest BCUT2D eigenvalue weighted by atomic mass is 35.5. The number of hydrogen-bond acceptors (Lipinski definition) is 8. The van der Waals surface area contributed by atoms with Crippen LogP contribution in [0.25, 0.3) is 11.2 Å². The molecule has 1 aliphatic rings. The number of hydrogen-bond donors (Lipinski definition) is 1. The molecule has 1 atom stereocenters. The standard InChI is InChI=1S/C14H21ClN5O4P/c1-3-23-25(21,24-4-2)14(6-5-7-22-14)8-20-9-17-10-11(15)18-13(16)19-12(10)20/h9H,3-8H2,1-2H3,(H2,16,18,19)/t14-/m0/s1. The van der Waals surface area contributed by atoms with E-state index in [9.17, 15) is 4.57 Å². The SMILES string of the molecule is CCOP(=O)(OCC)[C@]1(Cn2cnc3c(Cl)nc(N)nc32)CCCO1. The predicted molar refractivity (Wildman–Crippen MR) is 93.5 cm³/mol. The predicted octanol–water partition coefficient (Wildman–Crippen LogP) is 2.83. The number of nitrogens with two attached hydrogens (primary N) is 1. The van der Waals surface area contributed by atoms with Gasteiger partial charge in [-0.15, -0.1) is 0 Å². The van der Waals surface area contributed by atoms with Crippen LogP contribution in [-0.2, 0) is 24.9 Å². The molecular weight excluding hydrogens is 369 g/mol. The first-order chi connectivity index (χ1) is 11.9. The van der Waals surface area contributed by atoms with Gasteiger partial charge in [-0.3, -0.25) is 4.57 Å². The van der Waals surface area contributed by atoms with E-state index in [0.29, 0.717) is 24.2 Å². The third kappa shape index (κ3) is 3.27. The first-order valence-electron chi connectivity index (χ1n) is 8.11. The average Bonchev–Trinajstić information content (AvgIpc) is 3.17. The zero-order valence-electron chi connectivity index (χ0n) is 14.1. The molecule has 25 heavy (non-hydrogen) atoms. The monoisotopic (exact) mass is 389 g/mol. The van der Waals surface area contributed by atoms with Gasteiger partial charge in [0.1, 0.15) is 5.52 Å². The molecule has 11 heteroatoms. The smallest absolute Gasteiger partial charge is 0.364 e. The normalized spacial score (nSPS) is 21.2. The third-order valence-electron chi connectivity index (χ3n) is 4.04. The van der Waals surface area contributed by atoms with Gasteiger partial charge in [0.25, 0.3) is 0 Å². The molecule has 3 rings (SSSR count). The summed E-state index contributed by atoms with van der Waals surface area (Å²) < 4.78 is 32.2. The molecule has 0 aromatic carbocycles. The van der Waals surface area contributed by atoms with Crippen molar-refractivity contribution in [3.8, 4) is 0 Å². The first kappa shape index (κ1) is 18.5. The van der Waals surface area contributed by atoms with Crippen LogP contribution in [-0.4, -0.2) is 44.7 Å². The van der Waals surface area contributed by atoms with E-state index >= 15 is 0 Å². The van der Waals surface area contributed by atoms with Crippen LogP contribution in [0.3, 0.4) is 0 Å². The number of halogens is 1. The number of anilines is 1. The molecule has 2 aromatic rings. The van der Waals surface area contributed by atoms with Gasteiger partial charge in [0.2, 0.25) is 5.95 Å². The molecule has 2 N–H and O–H groups in total. The Kier molecular flexibility index (Phi) is 5.31. The van der Waals surface area contributed by atoms with E-state index in [1.165, 1.54) is 0 Å². The summed E-state index contributed by atoms with van der Waals surface area (Å²) in [5.74, 6) is 0.0402. The van der Waals surface area contributed by atoms with Crippen LogP contribution in [0.1, 0.15) is 26.7 Å². The summed E-state index contributed by atoms with van der Waals surface area (Å²) in [5.41, 5.74) is 6.57. The molecule has 0 bridgehead atoms. The van der Waals surface area contributed by atoms with Gasteiger partial charge >= 0.3 is 7.60 Å². The number of rotatable bonds is 7. The maximum absolute atomic E-state index is 13.4. The van der Waals surface area contributed by atoms with Crippen molar-refractivity contribution in [1.82, 2.24) is 19.5 Å². The minimum absolute atomic E-state index is 0.0402. The lowest BCUT2D eigenvalue weighted by Crippen LogP contribution is -2.35. The fourth-order valence-electron chi connectivity index (χ4n) is 3.03. The van der Waals surface area contributed by atoms with Crippen molar-refractivity contribution >= 4 is 36.3 Å². The topological polar surface area (TPSA) is 114 Å². The second kappa shape index (κ2) is 7.17. The van der Waals surface area contributed by atoms with Crippen molar-refractivity contribution in [2.24, 2.45) is 0 Å². The van der Waals surface area contributed by atoms with Gasteiger partial charge in [0, 0.05) is 6.61 Å². The molecule has 0 aliphatic carbocycles. The molecule has 3 heterocycles. The van der Waals surface area contributed by atoms with Crippen molar-refractivity contribution < 1.29 is 18.3 Å². The van der Waals surface area contributed by atoms with Crippen LogP contribution < -0.4 is 5.73 Å².